The molecule has 0 aliphatic heterocycles. The third-order valence-electron chi connectivity index (χ3n) is 2.87. The molecule has 0 aliphatic rings. The van der Waals surface area contributed by atoms with E-state index in [9.17, 15) is 13.2 Å². The van der Waals surface area contributed by atoms with E-state index in [2.05, 4.69) is 4.98 Å². The van der Waals surface area contributed by atoms with Crippen LogP contribution < -0.4 is 5.73 Å². The maximum atomic E-state index is 14.3. The van der Waals surface area contributed by atoms with Crippen molar-refractivity contribution in [3.05, 3.63) is 65.2 Å². The van der Waals surface area contributed by atoms with Crippen molar-refractivity contribution in [1.82, 2.24) is 4.98 Å². The lowest BCUT2D eigenvalue weighted by molar-refractivity contribution is 0.0386. The number of nitrogens with zero attached hydrogens (tertiary/aromatic N) is 1. The van der Waals surface area contributed by atoms with Crippen LogP contribution in [0.25, 0.3) is 0 Å². The van der Waals surface area contributed by atoms with Gasteiger partial charge in [-0.25, -0.2) is 4.39 Å². The van der Waals surface area contributed by atoms with Crippen LogP contribution in [0.2, 0.25) is 0 Å². The van der Waals surface area contributed by atoms with Crippen LogP contribution in [0.4, 0.5) is 13.2 Å². The Morgan fingerprint density at radius 3 is 2.35 bits per heavy atom. The molecule has 6 heteroatoms. The van der Waals surface area contributed by atoms with Crippen LogP contribution in [-0.4, -0.2) is 11.5 Å². The quantitative estimate of drug-likeness (QED) is 0.941. The lowest BCUT2D eigenvalue weighted by Crippen LogP contribution is -2.18. The van der Waals surface area contributed by atoms with Gasteiger partial charge in [-0.15, -0.1) is 12.4 Å². The number of alkyl halides is 2. The van der Waals surface area contributed by atoms with Crippen LogP contribution in [0.1, 0.15) is 16.7 Å². The molecular weight excluding hydrogens is 289 g/mol. The summed E-state index contributed by atoms with van der Waals surface area (Å²) in [5.74, 6) is -4.28. The minimum Gasteiger partial charge on any atom is -0.330 e. The lowest BCUT2D eigenvalue weighted by Gasteiger charge is -2.19. The fourth-order valence-electron chi connectivity index (χ4n) is 1.89. The largest absolute Gasteiger partial charge is 0.330 e. The fourth-order valence-corrected chi connectivity index (χ4v) is 1.89. The minimum absolute atomic E-state index is 0. The molecule has 0 radical (unpaired) electrons. The van der Waals surface area contributed by atoms with E-state index in [4.69, 9.17) is 5.73 Å². The van der Waals surface area contributed by atoms with E-state index in [1.807, 2.05) is 0 Å². The van der Waals surface area contributed by atoms with Gasteiger partial charge in [0.05, 0.1) is 5.56 Å². The van der Waals surface area contributed by atoms with Gasteiger partial charge in [0.25, 0.3) is 0 Å². The highest BCUT2D eigenvalue weighted by molar-refractivity contribution is 5.85. The third kappa shape index (κ3) is 3.11. The SMILES string of the molecule is Cl.NCCc1cccc(C(F)(F)c2ccncc2)c1F. The first-order chi connectivity index (χ1) is 9.07. The summed E-state index contributed by atoms with van der Waals surface area (Å²) in [6.45, 7) is 0.210. The molecule has 2 N–H and O–H groups in total. The van der Waals surface area contributed by atoms with Crippen LogP contribution in [0.5, 0.6) is 0 Å². The van der Waals surface area contributed by atoms with Gasteiger partial charge in [0.15, 0.2) is 0 Å². The molecule has 0 aliphatic carbocycles. The summed E-state index contributed by atoms with van der Waals surface area (Å²) in [5.41, 5.74) is 4.62. The zero-order chi connectivity index (χ0) is 13.9. The van der Waals surface area contributed by atoms with Crippen LogP contribution in [0, 0.1) is 5.82 Å². The van der Waals surface area contributed by atoms with Gasteiger partial charge >= 0.3 is 5.92 Å². The van der Waals surface area contributed by atoms with Gasteiger partial charge in [0.1, 0.15) is 5.82 Å². The molecule has 0 amide bonds. The normalized spacial score (nSPS) is 11.0. The van der Waals surface area contributed by atoms with Crippen LogP contribution in [-0.2, 0) is 12.3 Å². The minimum atomic E-state index is -3.39. The molecule has 0 spiro atoms. The van der Waals surface area contributed by atoms with Crippen molar-refractivity contribution in [3.8, 4) is 0 Å². The van der Waals surface area contributed by atoms with Gasteiger partial charge in [-0.1, -0.05) is 12.1 Å². The van der Waals surface area contributed by atoms with E-state index < -0.39 is 17.3 Å². The van der Waals surface area contributed by atoms with Gasteiger partial charge in [-0.05, 0) is 36.7 Å². The highest BCUT2D eigenvalue weighted by Crippen LogP contribution is 2.37. The Hall–Kier alpha value is -1.59. The Balaban J connectivity index is 0.00000200. The Kier molecular flexibility index (Phi) is 5.53. The molecule has 20 heavy (non-hydrogen) atoms. The van der Waals surface area contributed by atoms with Gasteiger partial charge in [-0.2, -0.15) is 8.78 Å². The Morgan fingerprint density at radius 2 is 1.75 bits per heavy atom. The first-order valence-electron chi connectivity index (χ1n) is 5.83. The van der Waals surface area contributed by atoms with E-state index in [0.717, 1.165) is 6.07 Å². The summed E-state index contributed by atoms with van der Waals surface area (Å²) < 4.78 is 42.6. The van der Waals surface area contributed by atoms with Crippen molar-refractivity contribution < 1.29 is 13.2 Å². The number of nitrogens with two attached hydrogens (primary N) is 1. The van der Waals surface area contributed by atoms with Crippen LogP contribution in [0.3, 0.4) is 0 Å². The average molecular weight is 303 g/mol. The summed E-state index contributed by atoms with van der Waals surface area (Å²) in [6.07, 6.45) is 2.74. The maximum Gasteiger partial charge on any atom is 0.301 e. The Labute approximate surface area is 121 Å². The first-order valence-corrected chi connectivity index (χ1v) is 5.83. The highest BCUT2D eigenvalue weighted by atomic mass is 35.5. The van der Waals surface area contributed by atoms with E-state index in [1.54, 1.807) is 0 Å². The van der Waals surface area contributed by atoms with Crippen LogP contribution in [0.15, 0.2) is 42.7 Å². The highest BCUT2D eigenvalue weighted by Gasteiger charge is 2.37. The average Bonchev–Trinajstić information content (AvgIpc) is 2.42. The van der Waals surface area contributed by atoms with E-state index in [0.29, 0.717) is 0 Å². The molecule has 0 unspecified atom stereocenters. The van der Waals surface area contributed by atoms with Crippen molar-refractivity contribution in [2.24, 2.45) is 5.73 Å². The number of pyridine rings is 1. The molecule has 108 valence electrons. The molecule has 0 saturated heterocycles. The van der Waals surface area contributed by atoms with Gasteiger partial charge in [0.2, 0.25) is 0 Å². The topological polar surface area (TPSA) is 38.9 Å². The number of hydrogen-bond acceptors (Lipinski definition) is 2. The van der Waals surface area contributed by atoms with Gasteiger partial charge in [0, 0.05) is 18.0 Å². The van der Waals surface area contributed by atoms with Crippen LogP contribution >= 0.6 is 12.4 Å². The standard InChI is InChI=1S/C14H13F3N2.ClH/c15-13-10(4-7-18)2-1-3-12(13)14(16,17)11-5-8-19-9-6-11;/h1-3,5-6,8-9H,4,7,18H2;1H. The molecule has 0 fully saturated rings. The summed E-state index contributed by atoms with van der Waals surface area (Å²) in [5, 5.41) is 0. The number of hydrogen-bond donors (Lipinski definition) is 1. The van der Waals surface area contributed by atoms with E-state index in [-0.39, 0.29) is 36.5 Å². The smallest absolute Gasteiger partial charge is 0.301 e. The zero-order valence-corrected chi connectivity index (χ0v) is 11.3. The molecule has 0 bridgehead atoms. The van der Waals surface area contributed by atoms with E-state index >= 15 is 0 Å². The van der Waals surface area contributed by atoms with Gasteiger partial charge < -0.3 is 5.73 Å². The summed E-state index contributed by atoms with van der Waals surface area (Å²) in [7, 11) is 0. The molecule has 1 aromatic heterocycles. The summed E-state index contributed by atoms with van der Waals surface area (Å²) in [4.78, 5) is 3.68. The van der Waals surface area contributed by atoms with Gasteiger partial charge in [-0.3, -0.25) is 4.98 Å². The second-order valence-corrected chi connectivity index (χ2v) is 4.13. The predicted octanol–water partition coefficient (Wildman–Crippen LogP) is 3.28. The maximum absolute atomic E-state index is 14.3. The molecule has 2 rings (SSSR count). The van der Waals surface area contributed by atoms with E-state index in [1.165, 1.54) is 36.7 Å². The van der Waals surface area contributed by atoms with Crippen molar-refractivity contribution in [2.75, 3.05) is 6.54 Å². The molecule has 1 aromatic carbocycles. The number of aromatic nitrogens is 1. The number of rotatable bonds is 4. The van der Waals surface area contributed by atoms with Crippen molar-refractivity contribution in [1.29, 1.82) is 0 Å². The first kappa shape index (κ1) is 16.5. The molecule has 1 heterocycles. The molecule has 2 nitrogen and oxygen atoms in total. The second kappa shape index (κ2) is 6.72. The monoisotopic (exact) mass is 302 g/mol. The summed E-state index contributed by atoms with van der Waals surface area (Å²) in [6, 6.07) is 6.33. The number of halogens is 4. The predicted molar refractivity (Wildman–Crippen MR) is 73.6 cm³/mol. The Morgan fingerprint density at radius 1 is 1.10 bits per heavy atom. The zero-order valence-electron chi connectivity index (χ0n) is 10.5. The van der Waals surface area contributed by atoms with Crippen molar-refractivity contribution >= 4 is 12.4 Å². The second-order valence-electron chi connectivity index (χ2n) is 4.13. The molecular formula is C14H14ClF3N2. The molecule has 2 aromatic rings. The van der Waals surface area contributed by atoms with Crippen molar-refractivity contribution in [3.63, 3.8) is 0 Å². The van der Waals surface area contributed by atoms with Crippen molar-refractivity contribution in [2.45, 2.75) is 12.3 Å². The lowest BCUT2D eigenvalue weighted by atomic mass is 9.97. The molecule has 0 saturated carbocycles. The fraction of sp³-hybridized carbons (Fsp3) is 0.214. The molecule has 0 atom stereocenters. The number of benzene rings is 1. The summed E-state index contributed by atoms with van der Waals surface area (Å²) >= 11 is 0. The Bertz CT molecular complexity index is 562. The third-order valence-corrected chi connectivity index (χ3v) is 2.87.